The zero-order valence-corrected chi connectivity index (χ0v) is 15.5. The number of Topliss-reactive ketones (excluding diaryl/α,β-unsaturated/α-hetero) is 1. The monoisotopic (exact) mass is 342 g/mol. The van der Waals surface area contributed by atoms with E-state index in [0.29, 0.717) is 11.0 Å². The molecule has 0 aliphatic heterocycles. The predicted octanol–water partition coefficient (Wildman–Crippen LogP) is 5.46. The van der Waals surface area contributed by atoms with Gasteiger partial charge < -0.3 is 5.11 Å². The lowest BCUT2D eigenvalue weighted by Gasteiger charge is -2.18. The molecule has 23 heavy (non-hydrogen) atoms. The van der Waals surface area contributed by atoms with Gasteiger partial charge in [0.2, 0.25) is 0 Å². The second kappa shape index (κ2) is 12.9. The highest BCUT2D eigenvalue weighted by Gasteiger charge is 2.33. The molecule has 0 saturated heterocycles. The van der Waals surface area contributed by atoms with E-state index in [-0.39, 0.29) is 12.3 Å². The van der Waals surface area contributed by atoms with Crippen molar-refractivity contribution in [3.63, 3.8) is 0 Å². The molecule has 1 saturated carbocycles. The summed E-state index contributed by atoms with van der Waals surface area (Å²) in [4.78, 5) is 22.5. The number of thioether (sulfide) groups is 1. The molecule has 1 aliphatic carbocycles. The van der Waals surface area contributed by atoms with Crippen molar-refractivity contribution in [2.75, 3.05) is 5.75 Å². The molecule has 2 unspecified atom stereocenters. The van der Waals surface area contributed by atoms with Crippen molar-refractivity contribution in [1.82, 2.24) is 0 Å². The van der Waals surface area contributed by atoms with E-state index in [1.54, 1.807) is 0 Å². The molecule has 3 nitrogen and oxygen atoms in total. The Kier molecular flexibility index (Phi) is 11.5. The highest BCUT2D eigenvalue weighted by Crippen LogP contribution is 2.36. The van der Waals surface area contributed by atoms with Crippen molar-refractivity contribution in [3.05, 3.63) is 0 Å². The number of hydrogen-bond donors (Lipinski definition) is 1. The maximum atomic E-state index is 12.1. The Balaban J connectivity index is 2.11. The lowest BCUT2D eigenvalue weighted by molar-refractivity contribution is -0.137. The van der Waals surface area contributed by atoms with Crippen LogP contribution in [0.2, 0.25) is 0 Å². The fraction of sp³-hybridized carbons (Fsp3) is 0.895. The molecule has 0 heterocycles. The van der Waals surface area contributed by atoms with E-state index >= 15 is 0 Å². The number of ketones is 1. The van der Waals surface area contributed by atoms with Crippen LogP contribution in [-0.4, -0.2) is 27.9 Å². The van der Waals surface area contributed by atoms with Crippen LogP contribution >= 0.6 is 11.8 Å². The van der Waals surface area contributed by atoms with Gasteiger partial charge in [-0.1, -0.05) is 51.9 Å². The van der Waals surface area contributed by atoms with Crippen molar-refractivity contribution in [1.29, 1.82) is 0 Å². The number of carboxylic acid groups (broad SMARTS) is 1. The minimum atomic E-state index is -0.702. The molecule has 1 aliphatic rings. The van der Waals surface area contributed by atoms with Crippen LogP contribution in [0.25, 0.3) is 0 Å². The van der Waals surface area contributed by atoms with Crippen molar-refractivity contribution in [2.45, 2.75) is 95.6 Å². The summed E-state index contributed by atoms with van der Waals surface area (Å²) in [6, 6.07) is 0. The number of carboxylic acids is 1. The molecule has 1 N–H and O–H groups in total. The van der Waals surface area contributed by atoms with Gasteiger partial charge >= 0.3 is 5.97 Å². The average Bonchev–Trinajstić information content (AvgIpc) is 2.86. The molecule has 0 bridgehead atoms. The highest BCUT2D eigenvalue weighted by atomic mass is 32.2. The standard InChI is InChI=1S/C19H34O3S/c1-2-3-4-7-10-15-23-18-14-13-17(20)16(18)11-8-5-6-9-12-19(21)22/h16,18H,2-15H2,1H3,(H,21,22). The summed E-state index contributed by atoms with van der Waals surface area (Å²) in [5.74, 6) is 1.25. The predicted molar refractivity (Wildman–Crippen MR) is 98.1 cm³/mol. The summed E-state index contributed by atoms with van der Waals surface area (Å²) in [5.41, 5.74) is 0. The third-order valence-electron chi connectivity index (χ3n) is 4.77. The Hall–Kier alpha value is -0.510. The van der Waals surface area contributed by atoms with E-state index in [0.717, 1.165) is 44.9 Å². The lowest BCUT2D eigenvalue weighted by atomic mass is 9.98. The van der Waals surface area contributed by atoms with Gasteiger partial charge in [-0.05, 0) is 31.4 Å². The van der Waals surface area contributed by atoms with E-state index in [4.69, 9.17) is 5.11 Å². The van der Waals surface area contributed by atoms with Gasteiger partial charge in [-0.15, -0.1) is 0 Å². The number of aliphatic carboxylic acids is 1. The van der Waals surface area contributed by atoms with Crippen molar-refractivity contribution < 1.29 is 14.7 Å². The van der Waals surface area contributed by atoms with Crippen LogP contribution < -0.4 is 0 Å². The Morgan fingerprint density at radius 3 is 2.52 bits per heavy atom. The largest absolute Gasteiger partial charge is 0.481 e. The third kappa shape index (κ3) is 9.39. The van der Waals surface area contributed by atoms with Crippen LogP contribution in [0.3, 0.4) is 0 Å². The molecule has 0 aromatic rings. The van der Waals surface area contributed by atoms with Crippen LogP contribution in [0.5, 0.6) is 0 Å². The molecule has 0 aromatic heterocycles. The van der Waals surface area contributed by atoms with Gasteiger partial charge in [-0.25, -0.2) is 0 Å². The summed E-state index contributed by atoms with van der Waals surface area (Å²) in [6.07, 6.45) is 13.6. The summed E-state index contributed by atoms with van der Waals surface area (Å²) in [6.45, 7) is 2.24. The molecule has 2 atom stereocenters. The van der Waals surface area contributed by atoms with Crippen LogP contribution in [0, 0.1) is 5.92 Å². The van der Waals surface area contributed by atoms with Gasteiger partial charge in [0, 0.05) is 24.0 Å². The topological polar surface area (TPSA) is 54.4 Å². The number of carbonyl (C=O) groups excluding carboxylic acids is 1. The summed E-state index contributed by atoms with van der Waals surface area (Å²) in [5, 5.41) is 9.16. The Morgan fingerprint density at radius 1 is 1.09 bits per heavy atom. The Labute approximate surface area is 146 Å². The van der Waals surface area contributed by atoms with Crippen LogP contribution in [0.1, 0.15) is 90.4 Å². The van der Waals surface area contributed by atoms with E-state index in [9.17, 15) is 9.59 Å². The van der Waals surface area contributed by atoms with Gasteiger partial charge in [0.15, 0.2) is 0 Å². The molecular weight excluding hydrogens is 308 g/mol. The van der Waals surface area contributed by atoms with Gasteiger partial charge in [0.1, 0.15) is 5.78 Å². The van der Waals surface area contributed by atoms with Crippen LogP contribution in [0.4, 0.5) is 0 Å². The second-order valence-electron chi connectivity index (χ2n) is 6.78. The maximum Gasteiger partial charge on any atom is 0.303 e. The lowest BCUT2D eigenvalue weighted by Crippen LogP contribution is -2.17. The molecule has 0 spiro atoms. The van der Waals surface area contributed by atoms with Crippen molar-refractivity contribution >= 4 is 23.5 Å². The molecule has 1 rings (SSSR count). The molecule has 0 amide bonds. The van der Waals surface area contributed by atoms with Gasteiger partial charge in [-0.3, -0.25) is 9.59 Å². The first-order valence-electron chi connectivity index (χ1n) is 9.51. The van der Waals surface area contributed by atoms with E-state index in [2.05, 4.69) is 6.92 Å². The summed E-state index contributed by atoms with van der Waals surface area (Å²) >= 11 is 2.03. The molecule has 0 aromatic carbocycles. The van der Waals surface area contributed by atoms with Crippen LogP contribution in [-0.2, 0) is 9.59 Å². The molecule has 0 radical (unpaired) electrons. The first-order chi connectivity index (χ1) is 11.1. The van der Waals surface area contributed by atoms with E-state index < -0.39 is 5.97 Å². The van der Waals surface area contributed by atoms with Crippen molar-refractivity contribution in [2.24, 2.45) is 5.92 Å². The molecule has 134 valence electrons. The number of unbranched alkanes of at least 4 members (excludes halogenated alkanes) is 7. The quantitative estimate of drug-likeness (QED) is 0.426. The first-order valence-corrected chi connectivity index (χ1v) is 10.6. The third-order valence-corrected chi connectivity index (χ3v) is 6.29. The first kappa shape index (κ1) is 20.5. The van der Waals surface area contributed by atoms with E-state index in [1.807, 2.05) is 11.8 Å². The minimum Gasteiger partial charge on any atom is -0.481 e. The zero-order valence-electron chi connectivity index (χ0n) is 14.7. The number of carbonyl (C=O) groups is 2. The minimum absolute atomic E-state index is 0.273. The molecular formula is C19H34O3S. The van der Waals surface area contributed by atoms with Crippen molar-refractivity contribution in [3.8, 4) is 0 Å². The SMILES string of the molecule is CCCCCCCSC1CCC(=O)C1CCCCCCC(=O)O. The van der Waals surface area contributed by atoms with Crippen LogP contribution in [0.15, 0.2) is 0 Å². The number of hydrogen-bond acceptors (Lipinski definition) is 3. The zero-order chi connectivity index (χ0) is 16.9. The maximum absolute atomic E-state index is 12.1. The van der Waals surface area contributed by atoms with Gasteiger partial charge in [-0.2, -0.15) is 11.8 Å². The highest BCUT2D eigenvalue weighted by molar-refractivity contribution is 7.99. The Morgan fingerprint density at radius 2 is 1.78 bits per heavy atom. The average molecular weight is 343 g/mol. The fourth-order valence-corrected chi connectivity index (χ4v) is 4.84. The summed E-state index contributed by atoms with van der Waals surface area (Å²) < 4.78 is 0. The number of rotatable bonds is 14. The molecule has 4 heteroatoms. The Bertz CT molecular complexity index is 344. The van der Waals surface area contributed by atoms with E-state index in [1.165, 1.54) is 37.9 Å². The summed E-state index contributed by atoms with van der Waals surface area (Å²) in [7, 11) is 0. The second-order valence-corrected chi connectivity index (χ2v) is 8.13. The normalized spacial score (nSPS) is 21.0. The smallest absolute Gasteiger partial charge is 0.303 e. The fourth-order valence-electron chi connectivity index (χ4n) is 3.36. The van der Waals surface area contributed by atoms with Gasteiger partial charge in [0.05, 0.1) is 0 Å². The van der Waals surface area contributed by atoms with Gasteiger partial charge in [0.25, 0.3) is 0 Å². The molecule has 1 fully saturated rings.